The van der Waals surface area contributed by atoms with E-state index in [1.54, 1.807) is 6.07 Å². The number of hydrogen-bond donors (Lipinski definition) is 1. The van der Waals surface area contributed by atoms with E-state index in [4.69, 9.17) is 4.63 Å². The first-order valence-corrected chi connectivity index (χ1v) is 9.67. The smallest absolute Gasteiger partial charge is 0.323 e. The molecule has 0 amide bonds. The lowest BCUT2D eigenvalue weighted by Crippen LogP contribution is -2.33. The number of rotatable bonds is 5. The largest absolute Gasteiger partial charge is 0.378 e. The summed E-state index contributed by atoms with van der Waals surface area (Å²) in [5.74, 6) is 0.621. The minimum absolute atomic E-state index is 0.0516. The van der Waals surface area contributed by atoms with E-state index in [0.29, 0.717) is 22.8 Å². The van der Waals surface area contributed by atoms with Crippen LogP contribution in [0.3, 0.4) is 0 Å². The van der Waals surface area contributed by atoms with E-state index in [1.807, 2.05) is 43.3 Å². The van der Waals surface area contributed by atoms with Crippen molar-refractivity contribution in [3.05, 3.63) is 40.4 Å². The Balaban J connectivity index is 1.76. The Morgan fingerprint density at radius 3 is 2.45 bits per heavy atom. The standard InChI is InChI=1S/C20H24N6O3/c1-13-8-10-25(11-9-13)17-12-16(18-19(23-29-22-18)20(17)26(27)28)21-14-4-6-15(7-5-14)24(2)3/h4-7,12-13,21H,8-11H2,1-3H3. The molecule has 29 heavy (non-hydrogen) atoms. The van der Waals surface area contributed by atoms with Gasteiger partial charge in [0.1, 0.15) is 5.69 Å². The number of anilines is 4. The molecule has 2 heterocycles. The number of piperidine rings is 1. The van der Waals surface area contributed by atoms with Gasteiger partial charge in [-0.1, -0.05) is 6.92 Å². The molecular formula is C20H24N6O3. The maximum Gasteiger partial charge on any atom is 0.323 e. The lowest BCUT2D eigenvalue weighted by molar-refractivity contribution is -0.382. The normalized spacial score (nSPS) is 14.9. The number of nitro groups is 1. The number of fused-ring (bicyclic) bond motifs is 1. The van der Waals surface area contributed by atoms with Gasteiger partial charge in [0, 0.05) is 38.6 Å². The highest BCUT2D eigenvalue weighted by molar-refractivity contribution is 6.00. The summed E-state index contributed by atoms with van der Waals surface area (Å²) in [7, 11) is 3.96. The Kier molecular flexibility index (Phi) is 4.96. The summed E-state index contributed by atoms with van der Waals surface area (Å²) in [6, 6.07) is 9.70. The molecule has 4 rings (SSSR count). The molecule has 2 aromatic carbocycles. The van der Waals surface area contributed by atoms with Crippen LogP contribution in [-0.4, -0.2) is 42.4 Å². The van der Waals surface area contributed by atoms with Crippen LogP contribution in [0.1, 0.15) is 19.8 Å². The summed E-state index contributed by atoms with van der Waals surface area (Å²) in [5.41, 5.74) is 3.59. The summed E-state index contributed by atoms with van der Waals surface area (Å²) in [5, 5.41) is 23.0. The lowest BCUT2D eigenvalue weighted by atomic mass is 9.98. The minimum Gasteiger partial charge on any atom is -0.378 e. The summed E-state index contributed by atoms with van der Waals surface area (Å²) in [4.78, 5) is 15.5. The monoisotopic (exact) mass is 396 g/mol. The van der Waals surface area contributed by atoms with Crippen molar-refractivity contribution in [1.29, 1.82) is 0 Å². The first-order chi connectivity index (χ1) is 13.9. The van der Waals surface area contributed by atoms with Crippen LogP contribution >= 0.6 is 0 Å². The predicted molar refractivity (Wildman–Crippen MR) is 113 cm³/mol. The van der Waals surface area contributed by atoms with Gasteiger partial charge in [0.05, 0.1) is 10.6 Å². The molecule has 9 nitrogen and oxygen atoms in total. The zero-order chi connectivity index (χ0) is 20.5. The topological polar surface area (TPSA) is 101 Å². The SMILES string of the molecule is CC1CCN(c2cc(Nc3ccc(N(C)C)cc3)c3nonc3c2[N+](=O)[O-])CC1. The molecule has 0 bridgehead atoms. The number of nitrogens with one attached hydrogen (secondary N) is 1. The van der Waals surface area contributed by atoms with Crippen LogP contribution < -0.4 is 15.1 Å². The van der Waals surface area contributed by atoms with Crippen molar-refractivity contribution in [3.8, 4) is 0 Å². The molecule has 1 aromatic heterocycles. The first kappa shape index (κ1) is 19.0. The fourth-order valence-corrected chi connectivity index (χ4v) is 3.68. The third-order valence-corrected chi connectivity index (χ3v) is 5.46. The highest BCUT2D eigenvalue weighted by Crippen LogP contribution is 2.41. The molecule has 0 unspecified atom stereocenters. The molecule has 9 heteroatoms. The van der Waals surface area contributed by atoms with Gasteiger partial charge in [0.15, 0.2) is 5.52 Å². The van der Waals surface area contributed by atoms with E-state index in [1.165, 1.54) is 0 Å². The van der Waals surface area contributed by atoms with Crippen LogP contribution in [0.25, 0.3) is 11.0 Å². The summed E-state index contributed by atoms with van der Waals surface area (Å²) in [6.07, 6.45) is 2.00. The molecule has 1 aliphatic rings. The second-order valence-electron chi connectivity index (χ2n) is 7.75. The second-order valence-corrected chi connectivity index (χ2v) is 7.75. The van der Waals surface area contributed by atoms with Crippen LogP contribution in [0.4, 0.5) is 28.4 Å². The molecule has 0 radical (unpaired) electrons. The molecule has 0 saturated carbocycles. The van der Waals surface area contributed by atoms with Crippen molar-refractivity contribution in [1.82, 2.24) is 10.3 Å². The Bertz CT molecular complexity index is 1020. The number of nitrogens with zero attached hydrogens (tertiary/aromatic N) is 5. The summed E-state index contributed by atoms with van der Waals surface area (Å²) >= 11 is 0. The van der Waals surface area contributed by atoms with Crippen molar-refractivity contribution in [3.63, 3.8) is 0 Å². The highest BCUT2D eigenvalue weighted by Gasteiger charge is 2.30. The van der Waals surface area contributed by atoms with E-state index in [9.17, 15) is 10.1 Å². The Hall–Kier alpha value is -3.36. The third-order valence-electron chi connectivity index (χ3n) is 5.46. The van der Waals surface area contributed by atoms with Crippen LogP contribution in [-0.2, 0) is 0 Å². The molecule has 3 aromatic rings. The molecule has 1 aliphatic heterocycles. The fraction of sp³-hybridized carbons (Fsp3) is 0.400. The van der Waals surface area contributed by atoms with Gasteiger partial charge in [-0.05, 0) is 59.4 Å². The molecule has 0 aliphatic carbocycles. The van der Waals surface area contributed by atoms with Crippen molar-refractivity contribution < 1.29 is 9.55 Å². The molecule has 1 fully saturated rings. The Morgan fingerprint density at radius 2 is 1.83 bits per heavy atom. The zero-order valence-electron chi connectivity index (χ0n) is 16.8. The molecular weight excluding hydrogens is 372 g/mol. The van der Waals surface area contributed by atoms with Crippen LogP contribution in [0.5, 0.6) is 0 Å². The number of hydrogen-bond acceptors (Lipinski definition) is 8. The third kappa shape index (κ3) is 3.67. The van der Waals surface area contributed by atoms with Gasteiger partial charge in [0.25, 0.3) is 0 Å². The van der Waals surface area contributed by atoms with Gasteiger partial charge >= 0.3 is 5.69 Å². The summed E-state index contributed by atoms with van der Waals surface area (Å²) in [6.45, 7) is 3.76. The van der Waals surface area contributed by atoms with Gasteiger partial charge in [-0.3, -0.25) is 10.1 Å². The average molecular weight is 396 g/mol. The van der Waals surface area contributed by atoms with Crippen molar-refractivity contribution in [2.24, 2.45) is 5.92 Å². The number of benzene rings is 2. The average Bonchev–Trinajstić information content (AvgIpc) is 3.18. The van der Waals surface area contributed by atoms with Crippen molar-refractivity contribution in [2.75, 3.05) is 42.3 Å². The number of nitro benzene ring substituents is 1. The van der Waals surface area contributed by atoms with E-state index in [-0.39, 0.29) is 11.2 Å². The molecule has 152 valence electrons. The zero-order valence-corrected chi connectivity index (χ0v) is 16.8. The number of aromatic nitrogens is 2. The Labute approximate surface area is 168 Å². The van der Waals surface area contributed by atoms with Gasteiger partial charge < -0.3 is 15.1 Å². The molecule has 1 N–H and O–H groups in total. The maximum absolute atomic E-state index is 11.9. The van der Waals surface area contributed by atoms with Gasteiger partial charge in [-0.2, -0.15) is 0 Å². The predicted octanol–water partition coefficient (Wildman–Crippen LogP) is 4.18. The van der Waals surface area contributed by atoms with E-state index < -0.39 is 4.92 Å². The van der Waals surface area contributed by atoms with E-state index >= 15 is 0 Å². The van der Waals surface area contributed by atoms with Crippen LogP contribution in [0.2, 0.25) is 0 Å². The first-order valence-electron chi connectivity index (χ1n) is 9.67. The minimum atomic E-state index is -0.393. The summed E-state index contributed by atoms with van der Waals surface area (Å²) < 4.78 is 4.87. The lowest BCUT2D eigenvalue weighted by Gasteiger charge is -2.32. The quantitative estimate of drug-likeness (QED) is 0.506. The van der Waals surface area contributed by atoms with E-state index in [2.05, 4.69) is 27.5 Å². The van der Waals surface area contributed by atoms with Crippen molar-refractivity contribution >= 4 is 39.5 Å². The van der Waals surface area contributed by atoms with Crippen LogP contribution in [0, 0.1) is 16.0 Å². The molecule has 0 atom stereocenters. The highest BCUT2D eigenvalue weighted by atomic mass is 16.6. The van der Waals surface area contributed by atoms with Gasteiger partial charge in [-0.15, -0.1) is 0 Å². The second kappa shape index (κ2) is 7.57. The molecule has 0 spiro atoms. The van der Waals surface area contributed by atoms with Gasteiger partial charge in [0.2, 0.25) is 5.52 Å². The van der Waals surface area contributed by atoms with Crippen molar-refractivity contribution in [2.45, 2.75) is 19.8 Å². The maximum atomic E-state index is 11.9. The fourth-order valence-electron chi connectivity index (χ4n) is 3.68. The van der Waals surface area contributed by atoms with E-state index in [0.717, 1.165) is 37.3 Å². The van der Waals surface area contributed by atoms with Gasteiger partial charge in [-0.25, -0.2) is 4.63 Å². The van der Waals surface area contributed by atoms with Crippen LogP contribution in [0.15, 0.2) is 35.0 Å². The molecule has 1 saturated heterocycles. The Morgan fingerprint density at radius 1 is 1.17 bits per heavy atom.